The fourth-order valence-corrected chi connectivity index (χ4v) is 3.15. The predicted octanol–water partition coefficient (Wildman–Crippen LogP) is 2.00. The quantitative estimate of drug-likeness (QED) is 0.655. The van der Waals surface area contributed by atoms with E-state index < -0.39 is 0 Å². The van der Waals surface area contributed by atoms with Gasteiger partial charge in [0.05, 0.1) is 18.4 Å². The van der Waals surface area contributed by atoms with Crippen molar-refractivity contribution in [1.82, 2.24) is 0 Å². The Bertz CT molecular complexity index is 451. The minimum atomic E-state index is -0.330. The topological polar surface area (TPSA) is 55.6 Å². The van der Waals surface area contributed by atoms with E-state index in [1.165, 1.54) is 7.11 Å². The Morgan fingerprint density at radius 3 is 3.00 bits per heavy atom. The number of nitrogens with two attached hydrogens (primary N) is 1. The number of ether oxygens (including phenoxy) is 1. The number of thioether (sulfide) groups is 1. The van der Waals surface area contributed by atoms with E-state index in [2.05, 4.69) is 11.8 Å². The summed E-state index contributed by atoms with van der Waals surface area (Å²) in [5.41, 5.74) is 7.80. The first-order valence-corrected chi connectivity index (χ1v) is 7.01. The highest BCUT2D eigenvalue weighted by molar-refractivity contribution is 8.00. The highest BCUT2D eigenvalue weighted by Gasteiger charge is 2.22. The molecule has 2 rings (SSSR count). The molecule has 1 aliphatic rings. The average Bonchev–Trinajstić information content (AvgIpc) is 2.37. The molecular formula is C13H18N2O2S. The highest BCUT2D eigenvalue weighted by Crippen LogP contribution is 2.28. The second kappa shape index (κ2) is 5.52. The molecule has 0 aromatic heterocycles. The van der Waals surface area contributed by atoms with E-state index >= 15 is 0 Å². The number of carbonyl (C=O) groups excluding carboxylic acids is 1. The van der Waals surface area contributed by atoms with Gasteiger partial charge in [-0.25, -0.2) is 4.79 Å². The van der Waals surface area contributed by atoms with Gasteiger partial charge in [-0.3, -0.25) is 0 Å². The van der Waals surface area contributed by atoms with Gasteiger partial charge in [-0.05, 0) is 18.2 Å². The number of hydrogen-bond donors (Lipinski definition) is 1. The Balaban J connectivity index is 2.34. The van der Waals surface area contributed by atoms with E-state index in [0.717, 1.165) is 24.5 Å². The van der Waals surface area contributed by atoms with E-state index in [4.69, 9.17) is 10.5 Å². The van der Waals surface area contributed by atoms with E-state index in [0.29, 0.717) is 16.5 Å². The third kappa shape index (κ3) is 2.72. The second-order valence-corrected chi connectivity index (χ2v) is 5.94. The van der Waals surface area contributed by atoms with E-state index in [-0.39, 0.29) is 5.97 Å². The molecule has 1 unspecified atom stereocenters. The van der Waals surface area contributed by atoms with Crippen LogP contribution in [0.3, 0.4) is 0 Å². The minimum absolute atomic E-state index is 0.330. The Hall–Kier alpha value is -1.36. The lowest BCUT2D eigenvalue weighted by molar-refractivity contribution is 0.0601. The van der Waals surface area contributed by atoms with Crippen molar-refractivity contribution in [2.75, 3.05) is 36.6 Å². The number of nitrogen functional groups attached to an aromatic ring is 1. The summed E-state index contributed by atoms with van der Waals surface area (Å²) in [4.78, 5) is 14.0. The van der Waals surface area contributed by atoms with Gasteiger partial charge in [0.25, 0.3) is 0 Å². The average molecular weight is 266 g/mol. The zero-order chi connectivity index (χ0) is 13.1. The van der Waals surface area contributed by atoms with Crippen molar-refractivity contribution in [2.24, 2.45) is 0 Å². The zero-order valence-corrected chi connectivity index (χ0v) is 11.5. The SMILES string of the molecule is COC(=O)c1cc(N)ccc1N1CCSC(C)C1. The number of carbonyl (C=O) groups is 1. The maximum Gasteiger partial charge on any atom is 0.340 e. The molecule has 5 heteroatoms. The van der Waals surface area contributed by atoms with Crippen LogP contribution in [0.4, 0.5) is 11.4 Å². The van der Waals surface area contributed by atoms with Gasteiger partial charge in [0, 0.05) is 29.8 Å². The molecule has 98 valence electrons. The molecule has 0 spiro atoms. The molecule has 0 amide bonds. The smallest absolute Gasteiger partial charge is 0.340 e. The molecule has 1 aliphatic heterocycles. The Kier molecular flexibility index (Phi) is 4.01. The van der Waals surface area contributed by atoms with Crippen LogP contribution in [0.15, 0.2) is 18.2 Å². The van der Waals surface area contributed by atoms with Crippen molar-refractivity contribution in [2.45, 2.75) is 12.2 Å². The summed E-state index contributed by atoms with van der Waals surface area (Å²) < 4.78 is 4.82. The minimum Gasteiger partial charge on any atom is -0.465 e. The molecule has 1 fully saturated rings. The molecule has 18 heavy (non-hydrogen) atoms. The number of anilines is 2. The van der Waals surface area contributed by atoms with Crippen LogP contribution in [0.5, 0.6) is 0 Å². The van der Waals surface area contributed by atoms with Crippen LogP contribution >= 0.6 is 11.8 Å². The maximum atomic E-state index is 11.8. The van der Waals surface area contributed by atoms with Crippen LogP contribution in [-0.2, 0) is 4.74 Å². The maximum absolute atomic E-state index is 11.8. The number of nitrogens with zero attached hydrogens (tertiary/aromatic N) is 1. The summed E-state index contributed by atoms with van der Waals surface area (Å²) in [5.74, 6) is 0.745. The van der Waals surface area contributed by atoms with Gasteiger partial charge >= 0.3 is 5.97 Å². The number of esters is 1. The van der Waals surface area contributed by atoms with Crippen LogP contribution in [0.2, 0.25) is 0 Å². The molecular weight excluding hydrogens is 248 g/mol. The zero-order valence-electron chi connectivity index (χ0n) is 10.7. The van der Waals surface area contributed by atoms with Gasteiger partial charge in [-0.2, -0.15) is 11.8 Å². The summed E-state index contributed by atoms with van der Waals surface area (Å²) in [5, 5.41) is 0.571. The summed E-state index contributed by atoms with van der Waals surface area (Å²) >= 11 is 1.96. The lowest BCUT2D eigenvalue weighted by Crippen LogP contribution is -2.37. The third-order valence-electron chi connectivity index (χ3n) is 3.01. The van der Waals surface area contributed by atoms with Gasteiger partial charge < -0.3 is 15.4 Å². The third-order valence-corrected chi connectivity index (χ3v) is 4.14. The van der Waals surface area contributed by atoms with Gasteiger partial charge in [-0.1, -0.05) is 6.92 Å². The monoisotopic (exact) mass is 266 g/mol. The fourth-order valence-electron chi connectivity index (χ4n) is 2.14. The molecule has 1 atom stereocenters. The highest BCUT2D eigenvalue weighted by atomic mass is 32.2. The van der Waals surface area contributed by atoms with Gasteiger partial charge in [-0.15, -0.1) is 0 Å². The molecule has 0 bridgehead atoms. The van der Waals surface area contributed by atoms with Crippen LogP contribution in [-0.4, -0.2) is 37.2 Å². The summed E-state index contributed by atoms with van der Waals surface area (Å²) in [6, 6.07) is 5.42. The van der Waals surface area contributed by atoms with Gasteiger partial charge in [0.1, 0.15) is 0 Å². The molecule has 4 nitrogen and oxygen atoms in total. The first kappa shape index (κ1) is 13.1. The first-order chi connectivity index (χ1) is 8.61. The van der Waals surface area contributed by atoms with Crippen LogP contribution in [0, 0.1) is 0 Å². The van der Waals surface area contributed by atoms with E-state index in [9.17, 15) is 4.79 Å². The predicted molar refractivity (Wildman–Crippen MR) is 76.3 cm³/mol. The Morgan fingerprint density at radius 1 is 1.56 bits per heavy atom. The van der Waals surface area contributed by atoms with Crippen molar-refractivity contribution < 1.29 is 9.53 Å². The molecule has 1 aromatic rings. The normalized spacial score (nSPS) is 19.7. The summed E-state index contributed by atoms with van der Waals surface area (Å²) in [7, 11) is 1.39. The number of rotatable bonds is 2. The molecule has 1 aromatic carbocycles. The number of benzene rings is 1. The summed E-state index contributed by atoms with van der Waals surface area (Å²) in [6.45, 7) is 4.09. The van der Waals surface area contributed by atoms with Crippen molar-refractivity contribution in [3.8, 4) is 0 Å². The van der Waals surface area contributed by atoms with Crippen molar-refractivity contribution >= 4 is 29.1 Å². The standard InChI is InChI=1S/C13H18N2O2S/c1-9-8-15(5-6-18-9)12-4-3-10(14)7-11(12)13(16)17-2/h3-4,7,9H,5-6,8,14H2,1-2H3. The molecule has 0 saturated carbocycles. The lowest BCUT2D eigenvalue weighted by Gasteiger charge is -2.33. The van der Waals surface area contributed by atoms with E-state index in [1.54, 1.807) is 6.07 Å². The van der Waals surface area contributed by atoms with Gasteiger partial charge in [0.15, 0.2) is 0 Å². The Morgan fingerprint density at radius 2 is 2.33 bits per heavy atom. The molecule has 0 radical (unpaired) electrons. The largest absolute Gasteiger partial charge is 0.465 e. The summed E-state index contributed by atoms with van der Waals surface area (Å²) in [6.07, 6.45) is 0. The Labute approximate surface area is 111 Å². The van der Waals surface area contributed by atoms with Crippen molar-refractivity contribution in [3.05, 3.63) is 23.8 Å². The fraction of sp³-hybridized carbons (Fsp3) is 0.462. The molecule has 2 N–H and O–H groups in total. The van der Waals surface area contributed by atoms with Crippen LogP contribution < -0.4 is 10.6 Å². The van der Waals surface area contributed by atoms with Gasteiger partial charge in [0.2, 0.25) is 0 Å². The van der Waals surface area contributed by atoms with E-state index in [1.807, 2.05) is 23.9 Å². The molecule has 1 heterocycles. The van der Waals surface area contributed by atoms with Crippen LogP contribution in [0.1, 0.15) is 17.3 Å². The van der Waals surface area contributed by atoms with Crippen molar-refractivity contribution in [1.29, 1.82) is 0 Å². The number of methoxy groups -OCH3 is 1. The molecule has 0 aliphatic carbocycles. The first-order valence-electron chi connectivity index (χ1n) is 5.96. The van der Waals surface area contributed by atoms with Crippen molar-refractivity contribution in [3.63, 3.8) is 0 Å². The molecule has 1 saturated heterocycles. The van der Waals surface area contributed by atoms with Crippen LogP contribution in [0.25, 0.3) is 0 Å². The second-order valence-electron chi connectivity index (χ2n) is 4.40. The number of hydrogen-bond acceptors (Lipinski definition) is 5. The lowest BCUT2D eigenvalue weighted by atomic mass is 10.1.